The Hall–Kier alpha value is -1.52. The van der Waals surface area contributed by atoms with Crippen LogP contribution in [0.4, 0.5) is 4.79 Å². The van der Waals surface area contributed by atoms with Crippen LogP contribution in [0, 0.1) is 0 Å². The summed E-state index contributed by atoms with van der Waals surface area (Å²) in [6.45, 7) is 12.7. The van der Waals surface area contributed by atoms with E-state index in [9.17, 15) is 9.59 Å². The minimum Gasteiger partial charge on any atom is -0.444 e. The van der Waals surface area contributed by atoms with Gasteiger partial charge in [0, 0.05) is 19.6 Å². The van der Waals surface area contributed by atoms with Gasteiger partial charge in [-0.1, -0.05) is 6.08 Å². The van der Waals surface area contributed by atoms with Crippen LogP contribution in [0.2, 0.25) is 0 Å². The van der Waals surface area contributed by atoms with Crippen molar-refractivity contribution in [3.8, 4) is 0 Å². The molecule has 2 amide bonds. The number of allylic oxidation sites excluding steroid dienone is 1. The number of rotatable bonds is 4. The summed E-state index contributed by atoms with van der Waals surface area (Å²) < 4.78 is 5.33. The molecule has 5 nitrogen and oxygen atoms in total. The van der Waals surface area contributed by atoms with Crippen LogP contribution >= 0.6 is 0 Å². The number of unbranched alkanes of at least 4 members (excludes halogenated alkanes) is 1. The Balaban J connectivity index is 2.58. The average Bonchev–Trinajstić information content (AvgIpc) is 2.32. The van der Waals surface area contributed by atoms with E-state index in [1.54, 1.807) is 6.92 Å². The summed E-state index contributed by atoms with van der Waals surface area (Å²) in [4.78, 5) is 27.6. The maximum atomic E-state index is 12.3. The van der Waals surface area contributed by atoms with Crippen molar-refractivity contribution in [1.82, 2.24) is 9.80 Å². The van der Waals surface area contributed by atoms with E-state index in [2.05, 4.69) is 6.58 Å². The molecule has 1 rings (SSSR count). The number of ether oxygens (including phenoxy) is 1. The lowest BCUT2D eigenvalue weighted by atomic mass is 10.1. The molecule has 20 heavy (non-hydrogen) atoms. The number of piperazine rings is 1. The number of hydrogen-bond donors (Lipinski definition) is 0. The molecule has 0 spiro atoms. The maximum Gasteiger partial charge on any atom is 0.411 e. The monoisotopic (exact) mass is 282 g/mol. The van der Waals surface area contributed by atoms with Crippen LogP contribution in [0.5, 0.6) is 0 Å². The van der Waals surface area contributed by atoms with Crippen molar-refractivity contribution in [1.29, 1.82) is 0 Å². The normalized spacial score (nSPS) is 20.0. The Labute approximate surface area is 121 Å². The summed E-state index contributed by atoms with van der Waals surface area (Å²) in [6, 6.07) is -0.456. The zero-order chi connectivity index (χ0) is 15.3. The largest absolute Gasteiger partial charge is 0.444 e. The van der Waals surface area contributed by atoms with Crippen molar-refractivity contribution in [2.24, 2.45) is 0 Å². The van der Waals surface area contributed by atoms with Crippen molar-refractivity contribution in [3.05, 3.63) is 12.7 Å². The molecular formula is C15H26N2O3. The van der Waals surface area contributed by atoms with E-state index in [1.807, 2.05) is 31.7 Å². The van der Waals surface area contributed by atoms with E-state index in [4.69, 9.17) is 4.74 Å². The quantitative estimate of drug-likeness (QED) is 0.588. The molecular weight excluding hydrogens is 256 g/mol. The minimum atomic E-state index is -0.541. The highest BCUT2D eigenvalue weighted by Gasteiger charge is 2.36. The van der Waals surface area contributed by atoms with E-state index in [1.165, 1.54) is 4.90 Å². The second-order valence-corrected chi connectivity index (χ2v) is 6.11. The molecule has 5 heteroatoms. The summed E-state index contributed by atoms with van der Waals surface area (Å²) >= 11 is 0. The molecule has 0 bridgehead atoms. The van der Waals surface area contributed by atoms with Gasteiger partial charge in [0.1, 0.15) is 11.6 Å². The van der Waals surface area contributed by atoms with Crippen molar-refractivity contribution in [3.63, 3.8) is 0 Å². The lowest BCUT2D eigenvalue weighted by molar-refractivity contribution is -0.140. The predicted molar refractivity (Wildman–Crippen MR) is 78.4 cm³/mol. The van der Waals surface area contributed by atoms with Crippen LogP contribution < -0.4 is 0 Å². The minimum absolute atomic E-state index is 0.00817. The third kappa shape index (κ3) is 4.54. The number of carbonyl (C=O) groups excluding carboxylic acids is 2. The molecule has 1 heterocycles. The van der Waals surface area contributed by atoms with Crippen LogP contribution in [0.25, 0.3) is 0 Å². The lowest BCUT2D eigenvalue weighted by Gasteiger charge is -2.39. The highest BCUT2D eigenvalue weighted by molar-refractivity contribution is 5.86. The first kappa shape index (κ1) is 16.5. The van der Waals surface area contributed by atoms with Gasteiger partial charge in [-0.3, -0.25) is 9.69 Å². The maximum absolute atomic E-state index is 12.3. The zero-order valence-electron chi connectivity index (χ0n) is 13.0. The second-order valence-electron chi connectivity index (χ2n) is 6.11. The van der Waals surface area contributed by atoms with Gasteiger partial charge in [0.2, 0.25) is 5.91 Å². The average molecular weight is 282 g/mol. The Morgan fingerprint density at radius 3 is 2.65 bits per heavy atom. The molecule has 1 fully saturated rings. The number of carbonyl (C=O) groups is 2. The summed E-state index contributed by atoms with van der Waals surface area (Å²) in [5, 5.41) is 0. The van der Waals surface area contributed by atoms with Crippen LogP contribution in [0.1, 0.15) is 40.5 Å². The van der Waals surface area contributed by atoms with Gasteiger partial charge >= 0.3 is 6.09 Å². The molecule has 0 radical (unpaired) electrons. The number of hydrogen-bond acceptors (Lipinski definition) is 3. The highest BCUT2D eigenvalue weighted by atomic mass is 16.6. The zero-order valence-corrected chi connectivity index (χ0v) is 13.0. The van der Waals surface area contributed by atoms with E-state index < -0.39 is 17.7 Å². The van der Waals surface area contributed by atoms with Crippen LogP contribution in [-0.2, 0) is 9.53 Å². The van der Waals surface area contributed by atoms with Crippen LogP contribution in [-0.4, -0.2) is 53.1 Å². The molecule has 0 aromatic carbocycles. The molecule has 1 aliphatic heterocycles. The van der Waals surface area contributed by atoms with Crippen LogP contribution in [0.3, 0.4) is 0 Å². The van der Waals surface area contributed by atoms with E-state index in [0.717, 1.165) is 19.4 Å². The first-order valence-corrected chi connectivity index (χ1v) is 7.15. The fourth-order valence-corrected chi connectivity index (χ4v) is 2.15. The van der Waals surface area contributed by atoms with Gasteiger partial charge in [-0.05, 0) is 40.5 Å². The number of nitrogens with zero attached hydrogens (tertiary/aromatic N) is 2. The standard InChI is InChI=1S/C15H26N2O3/c1-6-7-8-9-16-10-11-17(12(2)13(16)18)14(19)20-15(3,4)5/h6,12H,1,7-11H2,2-5H3. The molecule has 0 aliphatic carbocycles. The molecule has 0 aromatic rings. The van der Waals surface area contributed by atoms with E-state index in [0.29, 0.717) is 13.1 Å². The molecule has 1 aliphatic rings. The SMILES string of the molecule is C=CCCCN1CCN(C(=O)OC(C)(C)C)C(C)C1=O. The summed E-state index contributed by atoms with van der Waals surface area (Å²) in [6.07, 6.45) is 3.25. The van der Waals surface area contributed by atoms with Crippen LogP contribution in [0.15, 0.2) is 12.7 Å². The first-order chi connectivity index (χ1) is 9.26. The van der Waals surface area contributed by atoms with Gasteiger partial charge in [0.15, 0.2) is 0 Å². The van der Waals surface area contributed by atoms with E-state index >= 15 is 0 Å². The highest BCUT2D eigenvalue weighted by Crippen LogP contribution is 2.16. The van der Waals surface area contributed by atoms with Gasteiger partial charge < -0.3 is 9.64 Å². The molecule has 114 valence electrons. The Morgan fingerprint density at radius 1 is 1.45 bits per heavy atom. The van der Waals surface area contributed by atoms with Crippen molar-refractivity contribution >= 4 is 12.0 Å². The van der Waals surface area contributed by atoms with Gasteiger partial charge in [0.05, 0.1) is 0 Å². The molecule has 0 saturated carbocycles. The lowest BCUT2D eigenvalue weighted by Crippen LogP contribution is -2.58. The number of amides is 2. The first-order valence-electron chi connectivity index (χ1n) is 7.15. The Kier molecular flexibility index (Phi) is 5.60. The van der Waals surface area contributed by atoms with Crippen molar-refractivity contribution < 1.29 is 14.3 Å². The third-order valence-corrected chi connectivity index (χ3v) is 3.21. The Morgan fingerprint density at radius 2 is 2.10 bits per heavy atom. The predicted octanol–water partition coefficient (Wildman–Crippen LogP) is 2.42. The molecule has 1 saturated heterocycles. The smallest absolute Gasteiger partial charge is 0.411 e. The topological polar surface area (TPSA) is 49.9 Å². The summed E-state index contributed by atoms with van der Waals surface area (Å²) in [5.74, 6) is -0.00817. The Bertz CT molecular complexity index is 374. The molecule has 1 atom stereocenters. The molecule has 0 aromatic heterocycles. The third-order valence-electron chi connectivity index (χ3n) is 3.21. The molecule has 0 N–H and O–H groups in total. The summed E-state index contributed by atoms with van der Waals surface area (Å²) in [5.41, 5.74) is -0.541. The summed E-state index contributed by atoms with van der Waals surface area (Å²) in [7, 11) is 0. The second kappa shape index (κ2) is 6.77. The van der Waals surface area contributed by atoms with Gasteiger partial charge in [-0.25, -0.2) is 4.79 Å². The molecule has 1 unspecified atom stereocenters. The van der Waals surface area contributed by atoms with E-state index in [-0.39, 0.29) is 5.91 Å². The fourth-order valence-electron chi connectivity index (χ4n) is 2.15. The van der Waals surface area contributed by atoms with Gasteiger partial charge in [0.25, 0.3) is 0 Å². The van der Waals surface area contributed by atoms with Gasteiger partial charge in [-0.2, -0.15) is 0 Å². The van der Waals surface area contributed by atoms with Crippen molar-refractivity contribution in [2.45, 2.75) is 52.2 Å². The fraction of sp³-hybridized carbons (Fsp3) is 0.733. The van der Waals surface area contributed by atoms with Crippen molar-refractivity contribution in [2.75, 3.05) is 19.6 Å². The van der Waals surface area contributed by atoms with Gasteiger partial charge in [-0.15, -0.1) is 6.58 Å².